The largest absolute Gasteiger partial charge is 0.395 e. The van der Waals surface area contributed by atoms with Crippen LogP contribution in [0.1, 0.15) is 30.0 Å². The summed E-state index contributed by atoms with van der Waals surface area (Å²) >= 11 is 0. The van der Waals surface area contributed by atoms with Gasteiger partial charge in [0, 0.05) is 30.3 Å². The number of aryl methyl sites for hydroxylation is 1. The summed E-state index contributed by atoms with van der Waals surface area (Å²) < 4.78 is 1.70. The lowest BCUT2D eigenvalue weighted by atomic mass is 9.83. The van der Waals surface area contributed by atoms with Gasteiger partial charge in [-0.2, -0.15) is 10.4 Å². The quantitative estimate of drug-likeness (QED) is 0.742. The zero-order valence-electron chi connectivity index (χ0n) is 15.3. The maximum absolute atomic E-state index is 9.88. The number of nitrogens with one attached hydrogen (secondary N) is 1. The van der Waals surface area contributed by atoms with E-state index in [1.54, 1.807) is 17.1 Å². The summed E-state index contributed by atoms with van der Waals surface area (Å²) in [5.41, 5.74) is 3.99. The molecule has 1 aromatic carbocycles. The van der Waals surface area contributed by atoms with Crippen molar-refractivity contribution in [1.29, 1.82) is 5.26 Å². The zero-order valence-corrected chi connectivity index (χ0v) is 15.3. The van der Waals surface area contributed by atoms with E-state index in [-0.39, 0.29) is 12.0 Å². The van der Waals surface area contributed by atoms with Gasteiger partial charge in [0.05, 0.1) is 30.1 Å². The number of hydrogen-bond donors (Lipinski definition) is 2. The predicted molar refractivity (Wildman–Crippen MR) is 101 cm³/mol. The van der Waals surface area contributed by atoms with Crippen LogP contribution in [0.3, 0.4) is 0 Å². The molecule has 0 amide bonds. The highest BCUT2D eigenvalue weighted by Crippen LogP contribution is 2.42. The Hall–Kier alpha value is -3.24. The van der Waals surface area contributed by atoms with Crippen molar-refractivity contribution < 1.29 is 5.11 Å². The molecule has 0 saturated carbocycles. The monoisotopic (exact) mass is 360 g/mol. The van der Waals surface area contributed by atoms with Gasteiger partial charge in [0.2, 0.25) is 5.95 Å². The average molecular weight is 360 g/mol. The molecule has 27 heavy (non-hydrogen) atoms. The van der Waals surface area contributed by atoms with Gasteiger partial charge in [0.25, 0.3) is 0 Å². The van der Waals surface area contributed by atoms with E-state index >= 15 is 0 Å². The lowest BCUT2D eigenvalue weighted by Crippen LogP contribution is -2.23. The Labute approximate surface area is 157 Å². The van der Waals surface area contributed by atoms with Crippen molar-refractivity contribution in [3.63, 3.8) is 0 Å². The molecule has 1 aliphatic carbocycles. The molecular weight excluding hydrogens is 340 g/mol. The van der Waals surface area contributed by atoms with E-state index in [1.807, 2.05) is 32.2 Å². The average Bonchev–Trinajstić information content (AvgIpc) is 3.25. The third-order valence-electron chi connectivity index (χ3n) is 5.31. The fraction of sp³-hybridized carbons (Fsp3) is 0.300. The van der Waals surface area contributed by atoms with Crippen LogP contribution >= 0.6 is 0 Å². The van der Waals surface area contributed by atoms with Gasteiger partial charge in [-0.25, -0.2) is 9.97 Å². The molecule has 0 spiro atoms. The minimum atomic E-state index is -0.320. The topological polar surface area (TPSA) is 99.7 Å². The van der Waals surface area contributed by atoms with Gasteiger partial charge in [0.1, 0.15) is 5.82 Å². The Bertz CT molecular complexity index is 1050. The Morgan fingerprint density at radius 1 is 1.33 bits per heavy atom. The number of fused-ring (bicyclic) bond motifs is 1. The molecule has 2 aromatic heterocycles. The van der Waals surface area contributed by atoms with E-state index < -0.39 is 0 Å². The second-order valence-electron chi connectivity index (χ2n) is 7.11. The number of aromatic nitrogens is 4. The molecule has 1 atom stereocenters. The van der Waals surface area contributed by atoms with Crippen molar-refractivity contribution in [3.05, 3.63) is 53.3 Å². The molecule has 7 nitrogen and oxygen atoms in total. The van der Waals surface area contributed by atoms with E-state index in [0.717, 1.165) is 41.0 Å². The maximum atomic E-state index is 9.88. The maximum Gasteiger partial charge on any atom is 0.228 e. The highest BCUT2D eigenvalue weighted by atomic mass is 16.3. The molecular formula is C20H20N6O. The first-order valence-corrected chi connectivity index (χ1v) is 8.81. The van der Waals surface area contributed by atoms with Gasteiger partial charge in [-0.15, -0.1) is 0 Å². The van der Waals surface area contributed by atoms with Crippen molar-refractivity contribution in [1.82, 2.24) is 19.7 Å². The molecule has 0 bridgehead atoms. The molecule has 136 valence electrons. The number of nitrogens with zero attached hydrogens (tertiary/aromatic N) is 5. The van der Waals surface area contributed by atoms with Gasteiger partial charge in [0.15, 0.2) is 0 Å². The molecule has 1 aliphatic rings. The van der Waals surface area contributed by atoms with E-state index in [4.69, 9.17) is 0 Å². The first-order chi connectivity index (χ1) is 13.0. The van der Waals surface area contributed by atoms with Gasteiger partial charge >= 0.3 is 0 Å². The molecule has 0 saturated heterocycles. The second-order valence-corrected chi connectivity index (χ2v) is 7.11. The van der Waals surface area contributed by atoms with Gasteiger partial charge < -0.3 is 10.4 Å². The number of anilines is 2. The van der Waals surface area contributed by atoms with Crippen LogP contribution in [0.2, 0.25) is 0 Å². The molecule has 4 rings (SSSR count). The van der Waals surface area contributed by atoms with Crippen LogP contribution in [0.25, 0.3) is 11.3 Å². The second kappa shape index (κ2) is 6.49. The molecule has 3 aromatic rings. The lowest BCUT2D eigenvalue weighted by molar-refractivity contribution is 0.206. The summed E-state index contributed by atoms with van der Waals surface area (Å²) in [6.45, 7) is 2.10. The van der Waals surface area contributed by atoms with E-state index in [2.05, 4.69) is 32.5 Å². The van der Waals surface area contributed by atoms with Crippen LogP contribution in [-0.2, 0) is 18.9 Å². The molecule has 2 heterocycles. The first kappa shape index (κ1) is 17.2. The van der Waals surface area contributed by atoms with Crippen LogP contribution in [-0.4, -0.2) is 31.5 Å². The molecule has 0 fully saturated rings. The Balaban J connectivity index is 1.76. The lowest BCUT2D eigenvalue weighted by Gasteiger charge is -2.23. The van der Waals surface area contributed by atoms with Crippen LogP contribution in [0.4, 0.5) is 11.8 Å². The summed E-state index contributed by atoms with van der Waals surface area (Å²) in [4.78, 5) is 8.87. The number of benzene rings is 1. The normalized spacial score (nSPS) is 18.1. The van der Waals surface area contributed by atoms with Crippen molar-refractivity contribution in [2.24, 2.45) is 7.05 Å². The molecule has 2 N–H and O–H groups in total. The van der Waals surface area contributed by atoms with Crippen LogP contribution in [0.5, 0.6) is 0 Å². The van der Waals surface area contributed by atoms with E-state index in [0.29, 0.717) is 11.5 Å². The zero-order chi connectivity index (χ0) is 19.0. The molecule has 0 aliphatic heterocycles. The summed E-state index contributed by atoms with van der Waals surface area (Å²) in [7, 11) is 1.83. The number of rotatable bonds is 4. The van der Waals surface area contributed by atoms with E-state index in [1.165, 1.54) is 0 Å². The minimum Gasteiger partial charge on any atom is -0.395 e. The van der Waals surface area contributed by atoms with Crippen molar-refractivity contribution >= 4 is 11.8 Å². The molecule has 0 radical (unpaired) electrons. The first-order valence-electron chi connectivity index (χ1n) is 8.81. The SMILES string of the molecule is Cn1nccc1Nc1nccc(-c2cc(C#N)c3c(c2)C(C)(CO)CC3)n1. The number of aliphatic hydroxyl groups is 1. The summed E-state index contributed by atoms with van der Waals surface area (Å²) in [5, 5.41) is 26.8. The van der Waals surface area contributed by atoms with Crippen molar-refractivity contribution in [2.75, 3.05) is 11.9 Å². The van der Waals surface area contributed by atoms with Gasteiger partial charge in [-0.1, -0.05) is 6.92 Å². The van der Waals surface area contributed by atoms with Crippen LogP contribution < -0.4 is 5.32 Å². The van der Waals surface area contributed by atoms with Crippen LogP contribution in [0, 0.1) is 11.3 Å². The fourth-order valence-electron chi connectivity index (χ4n) is 3.62. The van der Waals surface area contributed by atoms with Crippen LogP contribution in [0.15, 0.2) is 36.7 Å². The van der Waals surface area contributed by atoms with Crippen molar-refractivity contribution in [3.8, 4) is 17.3 Å². The standard InChI is InChI=1S/C20H20N6O/c1-20(12-27)6-3-15-14(11-21)9-13(10-16(15)20)17-4-7-22-19(24-17)25-18-5-8-23-26(18)2/h4-5,7-10,27H,3,6,12H2,1-2H3,(H,22,24,25). The van der Waals surface area contributed by atoms with Gasteiger partial charge in [-0.3, -0.25) is 4.68 Å². The third kappa shape index (κ3) is 2.94. The van der Waals surface area contributed by atoms with Crippen molar-refractivity contribution in [2.45, 2.75) is 25.2 Å². The number of aliphatic hydroxyl groups excluding tert-OH is 1. The highest BCUT2D eigenvalue weighted by molar-refractivity contribution is 5.67. The summed E-state index contributed by atoms with van der Waals surface area (Å²) in [6, 6.07) is 9.89. The molecule has 1 unspecified atom stereocenters. The summed E-state index contributed by atoms with van der Waals surface area (Å²) in [5.74, 6) is 1.24. The minimum absolute atomic E-state index is 0.0609. The Morgan fingerprint density at radius 3 is 2.89 bits per heavy atom. The summed E-state index contributed by atoms with van der Waals surface area (Å²) in [6.07, 6.45) is 5.04. The predicted octanol–water partition coefficient (Wildman–Crippen LogP) is 2.69. The van der Waals surface area contributed by atoms with E-state index in [9.17, 15) is 10.4 Å². The molecule has 7 heteroatoms. The number of nitriles is 1. The third-order valence-corrected chi connectivity index (χ3v) is 5.31. The highest BCUT2D eigenvalue weighted by Gasteiger charge is 2.35. The fourth-order valence-corrected chi connectivity index (χ4v) is 3.62. The smallest absolute Gasteiger partial charge is 0.228 e. The Kier molecular flexibility index (Phi) is 4.13. The Morgan fingerprint density at radius 2 is 2.19 bits per heavy atom. The number of hydrogen-bond acceptors (Lipinski definition) is 6. The van der Waals surface area contributed by atoms with Gasteiger partial charge in [-0.05, 0) is 42.2 Å².